The second-order valence-corrected chi connectivity index (χ2v) is 18.2. The van der Waals surface area contributed by atoms with E-state index in [1.165, 1.54) is 72.0 Å². The zero-order valence-electron chi connectivity index (χ0n) is 19.8. The number of aromatic nitrogens is 1. The molecule has 3 heterocycles. The number of hydrogen-bond donors (Lipinski definition) is 1. The van der Waals surface area contributed by atoms with E-state index >= 15 is 0 Å². The van der Waals surface area contributed by atoms with Gasteiger partial charge in [-0.15, -0.1) is 0 Å². The number of hydrogen-bond acceptors (Lipinski definition) is 4. The van der Waals surface area contributed by atoms with Crippen LogP contribution in [0.3, 0.4) is 0 Å². The number of nitrogens with zero attached hydrogens (tertiary/aromatic N) is 3. The van der Waals surface area contributed by atoms with Crippen molar-refractivity contribution in [1.82, 2.24) is 14.8 Å². The van der Waals surface area contributed by atoms with E-state index in [0.717, 1.165) is 30.8 Å². The van der Waals surface area contributed by atoms with Crippen LogP contribution in [0, 0.1) is 5.92 Å². The van der Waals surface area contributed by atoms with Gasteiger partial charge in [0.15, 0.2) is 0 Å². The van der Waals surface area contributed by atoms with E-state index in [-0.39, 0.29) is 5.54 Å². The normalized spacial score (nSPS) is 32.9. The molecule has 2 bridgehead atoms. The molecule has 0 amide bonds. The molecule has 1 aromatic heterocycles. The molecule has 1 aromatic rings. The first kappa shape index (κ1) is 23.1. The first-order valence-electron chi connectivity index (χ1n) is 12.5. The summed E-state index contributed by atoms with van der Waals surface area (Å²) in [5.41, 5.74) is 7.87. The molecule has 0 spiro atoms. The van der Waals surface area contributed by atoms with Crippen LogP contribution < -0.4 is 5.73 Å². The molecule has 4 aliphatic carbocycles. The van der Waals surface area contributed by atoms with Crippen molar-refractivity contribution in [1.29, 1.82) is 0 Å². The summed E-state index contributed by atoms with van der Waals surface area (Å²) in [6, 6.07) is 1.20. The fraction of sp³-hybridized carbons (Fsp3) is 0.654. The van der Waals surface area contributed by atoms with Crippen molar-refractivity contribution in [3.05, 3.63) is 41.4 Å². The molecule has 2 aliphatic heterocycles. The van der Waals surface area contributed by atoms with Gasteiger partial charge < -0.3 is 0 Å². The Bertz CT molecular complexity index is 1020. The summed E-state index contributed by atoms with van der Waals surface area (Å²) in [7, 11) is 2.24. The molecule has 4 nitrogen and oxygen atoms in total. The monoisotopic (exact) mass is 586 g/mol. The van der Waals surface area contributed by atoms with Crippen molar-refractivity contribution in [2.24, 2.45) is 5.92 Å². The van der Waals surface area contributed by atoms with Crippen molar-refractivity contribution in [2.45, 2.75) is 66.5 Å². The first-order valence-corrected chi connectivity index (χ1v) is 16.6. The molecule has 0 atom stereocenters. The van der Waals surface area contributed by atoms with Crippen LogP contribution in [0.5, 0.6) is 0 Å². The van der Waals surface area contributed by atoms with Crippen LogP contribution in [0.15, 0.2) is 30.2 Å². The van der Waals surface area contributed by atoms with E-state index < -0.39 is 37.4 Å². The van der Waals surface area contributed by atoms with E-state index in [4.69, 9.17) is 5.73 Å². The Balaban J connectivity index is 1.28. The molecule has 5 fully saturated rings. The zero-order chi connectivity index (χ0) is 23.7. The quantitative estimate of drug-likeness (QED) is 0.343. The molecule has 4 saturated carbocycles. The van der Waals surface area contributed by atoms with E-state index in [1.807, 2.05) is 0 Å². The molecule has 2 N–H and O–H groups in total. The van der Waals surface area contributed by atoms with E-state index in [2.05, 4.69) is 34.1 Å². The molecular formula is C26H34F3IN4. The van der Waals surface area contributed by atoms with E-state index in [0.29, 0.717) is 8.99 Å². The third-order valence-electron chi connectivity index (χ3n) is 8.58. The van der Waals surface area contributed by atoms with Gasteiger partial charge in [-0.05, 0) is 0 Å². The number of nitrogens with two attached hydrogens (primary N) is 1. The van der Waals surface area contributed by atoms with E-state index in [1.54, 1.807) is 0 Å². The fourth-order valence-electron chi connectivity index (χ4n) is 6.39. The Hall–Kier alpha value is -1.29. The summed E-state index contributed by atoms with van der Waals surface area (Å²) < 4.78 is 44.1. The van der Waals surface area contributed by atoms with Crippen LogP contribution in [0.25, 0.3) is 5.57 Å². The van der Waals surface area contributed by atoms with Gasteiger partial charge in [0.2, 0.25) is 0 Å². The second kappa shape index (κ2) is 8.11. The van der Waals surface area contributed by atoms with Gasteiger partial charge in [0.25, 0.3) is 0 Å². The fourth-order valence-corrected chi connectivity index (χ4v) is 15.8. The topological polar surface area (TPSA) is 45.4 Å². The van der Waals surface area contributed by atoms with Gasteiger partial charge in [0, 0.05) is 0 Å². The molecule has 6 aliphatic rings. The number of anilines is 1. The van der Waals surface area contributed by atoms with Crippen LogP contribution in [0.1, 0.15) is 62.5 Å². The van der Waals surface area contributed by atoms with Gasteiger partial charge in [-0.1, -0.05) is 0 Å². The number of pyridine rings is 1. The van der Waals surface area contributed by atoms with Gasteiger partial charge in [-0.2, -0.15) is 0 Å². The predicted octanol–water partition coefficient (Wildman–Crippen LogP) is 5.93. The van der Waals surface area contributed by atoms with Gasteiger partial charge in [-0.25, -0.2) is 0 Å². The Morgan fingerprint density at radius 1 is 1.18 bits per heavy atom. The van der Waals surface area contributed by atoms with Gasteiger partial charge >= 0.3 is 208 Å². The van der Waals surface area contributed by atoms with Gasteiger partial charge in [0.05, 0.1) is 0 Å². The van der Waals surface area contributed by atoms with Crippen LogP contribution in [0.2, 0.25) is 0 Å². The molecule has 7 rings (SSSR count). The molecule has 186 valence electrons. The minimum absolute atomic E-state index is 0.200. The van der Waals surface area contributed by atoms with Crippen LogP contribution in [0.4, 0.5) is 19.0 Å². The molecule has 1 saturated heterocycles. The third-order valence-corrected chi connectivity index (χ3v) is 16.5. The standard InChI is InChI=1S/C26H34F3IN4/c1-33-9-7-30(8-10-33)24-15-25(16-24,17-24)34-14-19(3-2-4-21(34)11-18-5-6-18)20-12-22(26(27,28)29)23(31)32-13-20/h4,12-14,18H,2-3,5-11,15-17H2,1H3,(H2,31,32). The Kier molecular flexibility index (Phi) is 5.52. The average molecular weight is 586 g/mol. The summed E-state index contributed by atoms with van der Waals surface area (Å²) >= 11 is -0.930. The second-order valence-electron chi connectivity index (χ2n) is 11.1. The first-order chi connectivity index (χ1) is 16.2. The van der Waals surface area contributed by atoms with Crippen LogP contribution >= 0.6 is 19.8 Å². The SMILES string of the molecule is CN1CCI(C23CC(N4C=C(c5cnc(N)c(C(F)(F)F)c5)CCC=C4CC4CC4)(C2)C3)CC1. The van der Waals surface area contributed by atoms with Crippen molar-refractivity contribution in [3.63, 3.8) is 0 Å². The summed E-state index contributed by atoms with van der Waals surface area (Å²) in [6.45, 7) is 2.54. The van der Waals surface area contributed by atoms with Gasteiger partial charge in [-0.3, -0.25) is 0 Å². The molecule has 0 aromatic carbocycles. The maximum absolute atomic E-state index is 13.5. The molecule has 8 heteroatoms. The number of alkyl halides is 6. The van der Waals surface area contributed by atoms with E-state index in [9.17, 15) is 13.2 Å². The zero-order valence-corrected chi connectivity index (χ0v) is 22.0. The maximum atomic E-state index is 13.5. The molecule has 34 heavy (non-hydrogen) atoms. The number of allylic oxidation sites excluding steroid dienone is 3. The summed E-state index contributed by atoms with van der Waals surface area (Å²) in [6.07, 6.45) is 10.8. The van der Waals surface area contributed by atoms with Crippen molar-refractivity contribution < 1.29 is 13.2 Å². The summed E-state index contributed by atoms with van der Waals surface area (Å²) in [5.74, 6) is 0.337. The molecule has 0 unspecified atom stereocenters. The predicted molar refractivity (Wildman–Crippen MR) is 139 cm³/mol. The number of nitrogen functional groups attached to an aromatic ring is 1. The van der Waals surface area contributed by atoms with Gasteiger partial charge in [0.1, 0.15) is 0 Å². The summed E-state index contributed by atoms with van der Waals surface area (Å²) in [4.78, 5) is 8.93. The minimum atomic E-state index is -4.49. The Labute approximate surface area is 207 Å². The number of halogens is 4. The van der Waals surface area contributed by atoms with Crippen molar-refractivity contribution >= 4 is 31.2 Å². The number of rotatable bonds is 5. The third kappa shape index (κ3) is 3.96. The average Bonchev–Trinajstić information content (AvgIpc) is 3.56. The van der Waals surface area contributed by atoms with Crippen molar-refractivity contribution in [2.75, 3.05) is 34.7 Å². The molecular weight excluding hydrogens is 552 g/mol. The van der Waals surface area contributed by atoms with Crippen LogP contribution in [-0.2, 0) is 6.18 Å². The van der Waals surface area contributed by atoms with Crippen LogP contribution in [-0.4, -0.2) is 52.7 Å². The Morgan fingerprint density at radius 2 is 1.88 bits per heavy atom. The molecule has 0 radical (unpaired) electrons. The van der Waals surface area contributed by atoms with Crippen molar-refractivity contribution in [3.8, 4) is 0 Å². The Morgan fingerprint density at radius 3 is 2.53 bits per heavy atom. The summed E-state index contributed by atoms with van der Waals surface area (Å²) in [5, 5.41) is 0.